The molecule has 1 saturated heterocycles. The van der Waals surface area contributed by atoms with Crippen molar-refractivity contribution in [3.05, 3.63) is 98.7 Å². The first kappa shape index (κ1) is 33.2. The van der Waals surface area contributed by atoms with E-state index in [1.165, 1.54) is 23.9 Å². The number of nitrogens with one attached hydrogen (secondary N) is 2. The molecule has 8 nitrogen and oxygen atoms in total. The van der Waals surface area contributed by atoms with E-state index in [4.69, 9.17) is 33.3 Å². The highest BCUT2D eigenvalue weighted by atomic mass is 35.5. The lowest BCUT2D eigenvalue weighted by molar-refractivity contribution is -0.125. The number of para-hydroxylation sites is 1. The number of sulfone groups is 1. The van der Waals surface area contributed by atoms with Crippen LogP contribution in [0.5, 0.6) is 5.75 Å². The number of carbonyl (C=O) groups excluding carboxylic acids is 1. The van der Waals surface area contributed by atoms with Crippen LogP contribution in [0.1, 0.15) is 40.8 Å². The summed E-state index contributed by atoms with van der Waals surface area (Å²) in [6.45, 7) is 4.65. The maximum Gasteiger partial charge on any atom is 0.237 e. The van der Waals surface area contributed by atoms with Crippen molar-refractivity contribution in [2.75, 3.05) is 18.7 Å². The second-order valence-electron chi connectivity index (χ2n) is 11.0. The Morgan fingerprint density at radius 2 is 1.89 bits per heavy atom. The van der Waals surface area contributed by atoms with Crippen molar-refractivity contribution < 1.29 is 17.9 Å². The molecule has 4 aromatic rings. The van der Waals surface area contributed by atoms with Gasteiger partial charge in [0.1, 0.15) is 23.7 Å². The van der Waals surface area contributed by atoms with Gasteiger partial charge in [-0.25, -0.2) is 13.4 Å². The summed E-state index contributed by atoms with van der Waals surface area (Å²) in [4.78, 5) is 19.4. The lowest BCUT2D eigenvalue weighted by Crippen LogP contribution is -2.44. The first-order valence-electron chi connectivity index (χ1n) is 14.4. The molecular weight excluding hydrogens is 651 g/mol. The molecular formula is C33H34Cl2N4O4S2. The number of carbonyl (C=O) groups is 1. The van der Waals surface area contributed by atoms with Crippen LogP contribution < -0.4 is 10.1 Å². The largest absolute Gasteiger partial charge is 0.487 e. The van der Waals surface area contributed by atoms with Crippen LogP contribution in [0, 0.1) is 19.3 Å². The smallest absolute Gasteiger partial charge is 0.237 e. The van der Waals surface area contributed by atoms with Crippen molar-refractivity contribution in [1.82, 2.24) is 15.2 Å². The van der Waals surface area contributed by atoms with Crippen LogP contribution >= 0.6 is 35.0 Å². The standard InChI is InChI=1S/C33H34Cl2N4O4S2/c1-20-16-21(2)38-31-24(20)6-4-8-28(31)43-18-25-26(34)13-14-29(30(25)35)45(41,42)19-39-15-5-7-27(39)33(40)37-17-22-9-11-23(12-10-22)32(36)44-3/h4,6,8-14,16,27,36H,5,7,15,17-19H2,1-3H3,(H,37,40). The van der Waals surface area contributed by atoms with E-state index in [1.807, 2.05) is 68.6 Å². The SMILES string of the molecule is CSC(=N)c1ccc(CNC(=O)C2CCCN2CS(=O)(=O)c2ccc(Cl)c(COc3cccc4c(C)cc(C)nc34)c2Cl)cc1. The fourth-order valence-electron chi connectivity index (χ4n) is 5.53. The van der Waals surface area contributed by atoms with Crippen molar-refractivity contribution >= 4 is 66.7 Å². The van der Waals surface area contributed by atoms with Crippen LogP contribution in [-0.2, 0) is 27.8 Å². The molecule has 1 fully saturated rings. The summed E-state index contributed by atoms with van der Waals surface area (Å²) in [7, 11) is -3.93. The van der Waals surface area contributed by atoms with E-state index in [0.717, 1.165) is 27.8 Å². The van der Waals surface area contributed by atoms with Crippen LogP contribution in [0.4, 0.5) is 0 Å². The van der Waals surface area contributed by atoms with Gasteiger partial charge in [-0.05, 0) is 68.3 Å². The Morgan fingerprint density at radius 3 is 2.62 bits per heavy atom. The van der Waals surface area contributed by atoms with E-state index in [9.17, 15) is 13.2 Å². The fraction of sp³-hybridized carbons (Fsp3) is 0.303. The first-order valence-corrected chi connectivity index (χ1v) is 18.0. The van der Waals surface area contributed by atoms with Gasteiger partial charge in [-0.2, -0.15) is 0 Å². The Balaban J connectivity index is 1.28. The third-order valence-electron chi connectivity index (χ3n) is 7.88. The number of likely N-dealkylation sites (tertiary alicyclic amines) is 1. The van der Waals surface area contributed by atoms with E-state index in [1.54, 1.807) is 4.90 Å². The number of hydrogen-bond donors (Lipinski definition) is 2. The molecule has 45 heavy (non-hydrogen) atoms. The highest BCUT2D eigenvalue weighted by Crippen LogP contribution is 2.35. The van der Waals surface area contributed by atoms with Gasteiger partial charge in [0.25, 0.3) is 0 Å². The van der Waals surface area contributed by atoms with Gasteiger partial charge in [-0.15, -0.1) is 11.8 Å². The molecule has 1 aliphatic rings. The van der Waals surface area contributed by atoms with E-state index < -0.39 is 15.9 Å². The van der Waals surface area contributed by atoms with E-state index in [2.05, 4.69) is 10.3 Å². The third kappa shape index (κ3) is 7.47. The minimum atomic E-state index is -3.93. The Bertz CT molecular complexity index is 1870. The van der Waals surface area contributed by atoms with Gasteiger partial charge in [0.15, 0.2) is 9.84 Å². The summed E-state index contributed by atoms with van der Waals surface area (Å²) in [5.41, 5.74) is 4.70. The van der Waals surface area contributed by atoms with Crippen LogP contribution in [0.2, 0.25) is 10.0 Å². The molecule has 1 amide bonds. The van der Waals surface area contributed by atoms with E-state index in [0.29, 0.717) is 47.8 Å². The van der Waals surface area contributed by atoms with Crippen molar-refractivity contribution in [2.45, 2.75) is 50.8 Å². The molecule has 0 bridgehead atoms. The van der Waals surface area contributed by atoms with Crippen LogP contribution in [0.25, 0.3) is 10.9 Å². The van der Waals surface area contributed by atoms with Gasteiger partial charge in [0, 0.05) is 40.3 Å². The molecule has 1 unspecified atom stereocenters. The number of fused-ring (bicyclic) bond motifs is 1. The van der Waals surface area contributed by atoms with E-state index in [-0.39, 0.29) is 33.3 Å². The minimum Gasteiger partial charge on any atom is -0.487 e. The predicted octanol–water partition coefficient (Wildman–Crippen LogP) is 6.94. The second-order valence-corrected chi connectivity index (χ2v) is 14.6. The Kier molecular flexibility index (Phi) is 10.4. The molecule has 12 heteroatoms. The number of aromatic nitrogens is 1. The first-order chi connectivity index (χ1) is 21.5. The van der Waals surface area contributed by atoms with Crippen LogP contribution in [0.15, 0.2) is 65.6 Å². The summed E-state index contributed by atoms with van der Waals surface area (Å²) in [6.07, 6.45) is 3.10. The van der Waals surface area contributed by atoms with Crippen molar-refractivity contribution in [3.63, 3.8) is 0 Å². The number of ether oxygens (including phenoxy) is 1. The maximum absolute atomic E-state index is 13.7. The number of pyridine rings is 1. The molecule has 3 aromatic carbocycles. The molecule has 1 atom stereocenters. The number of halogens is 2. The summed E-state index contributed by atoms with van der Waals surface area (Å²) >= 11 is 14.6. The highest BCUT2D eigenvalue weighted by Gasteiger charge is 2.35. The molecule has 1 aromatic heterocycles. The quantitative estimate of drug-likeness (QED) is 0.137. The fourth-order valence-corrected chi connectivity index (χ4v) is 8.30. The third-order valence-corrected chi connectivity index (χ3v) is 11.1. The number of thioether (sulfide) groups is 1. The molecule has 0 saturated carbocycles. The Morgan fingerprint density at radius 1 is 1.13 bits per heavy atom. The number of rotatable bonds is 10. The molecule has 1 aliphatic heterocycles. The normalized spacial score (nSPS) is 15.4. The zero-order valence-electron chi connectivity index (χ0n) is 25.2. The number of aryl methyl sites for hydroxylation is 2. The van der Waals surface area contributed by atoms with Gasteiger partial charge >= 0.3 is 0 Å². The maximum atomic E-state index is 13.7. The van der Waals surface area contributed by atoms with E-state index >= 15 is 0 Å². The molecule has 0 spiro atoms. The molecule has 236 valence electrons. The lowest BCUT2D eigenvalue weighted by Gasteiger charge is -2.24. The van der Waals surface area contributed by atoms with Gasteiger partial charge < -0.3 is 10.1 Å². The average molecular weight is 686 g/mol. The average Bonchev–Trinajstić information content (AvgIpc) is 3.47. The molecule has 5 rings (SSSR count). The molecule has 0 aliphatic carbocycles. The Hall–Kier alpha value is -3.15. The number of amides is 1. The Labute approximate surface area is 277 Å². The monoisotopic (exact) mass is 684 g/mol. The summed E-state index contributed by atoms with van der Waals surface area (Å²) in [5.74, 6) is -0.0422. The lowest BCUT2D eigenvalue weighted by atomic mass is 10.1. The number of hydrogen-bond acceptors (Lipinski definition) is 8. The highest BCUT2D eigenvalue weighted by molar-refractivity contribution is 8.13. The second kappa shape index (κ2) is 14.1. The summed E-state index contributed by atoms with van der Waals surface area (Å²) < 4.78 is 33.5. The van der Waals surface area contributed by atoms with Gasteiger partial charge in [0.2, 0.25) is 5.91 Å². The topological polar surface area (TPSA) is 112 Å². The minimum absolute atomic E-state index is 0.00116. The summed E-state index contributed by atoms with van der Waals surface area (Å²) in [5, 5.41) is 12.6. The van der Waals surface area contributed by atoms with Crippen molar-refractivity contribution in [2.24, 2.45) is 0 Å². The predicted molar refractivity (Wildman–Crippen MR) is 182 cm³/mol. The van der Waals surface area contributed by atoms with Crippen molar-refractivity contribution in [1.29, 1.82) is 5.41 Å². The molecule has 2 heterocycles. The van der Waals surface area contributed by atoms with Gasteiger partial charge in [-0.1, -0.05) is 59.6 Å². The van der Waals surface area contributed by atoms with Crippen molar-refractivity contribution in [3.8, 4) is 5.75 Å². The zero-order valence-corrected chi connectivity index (χ0v) is 28.3. The zero-order chi connectivity index (χ0) is 32.3. The van der Waals surface area contributed by atoms with Gasteiger partial charge in [0.05, 0.1) is 21.0 Å². The number of benzene rings is 3. The van der Waals surface area contributed by atoms with Crippen LogP contribution in [0.3, 0.4) is 0 Å². The summed E-state index contributed by atoms with van der Waals surface area (Å²) in [6, 6.07) is 17.4. The molecule has 0 radical (unpaired) electrons. The number of nitrogens with zero attached hydrogens (tertiary/aromatic N) is 2. The van der Waals surface area contributed by atoms with Gasteiger partial charge in [-0.3, -0.25) is 15.1 Å². The van der Waals surface area contributed by atoms with Crippen LogP contribution in [-0.4, -0.2) is 54.0 Å². The molecule has 2 N–H and O–H groups in total.